The van der Waals surface area contributed by atoms with Gasteiger partial charge in [-0.25, -0.2) is 0 Å². The van der Waals surface area contributed by atoms with Gasteiger partial charge in [-0.3, -0.25) is 14.5 Å². The van der Waals surface area contributed by atoms with Crippen LogP contribution in [-0.4, -0.2) is 85.5 Å². The largest absolute Gasteiger partial charge is 0.385 e. The minimum absolute atomic E-state index is 0.0298. The second kappa shape index (κ2) is 9.37. The molecule has 0 aromatic rings. The summed E-state index contributed by atoms with van der Waals surface area (Å²) < 4.78 is 5.08. The number of methoxy groups -OCH3 is 1. The van der Waals surface area contributed by atoms with E-state index < -0.39 is 0 Å². The maximum atomic E-state index is 12.7. The number of nitrogens with zero attached hydrogens (tertiary/aromatic N) is 3. The highest BCUT2D eigenvalue weighted by Gasteiger charge is 2.43. The molecule has 6 heteroatoms. The van der Waals surface area contributed by atoms with Crippen LogP contribution in [0.25, 0.3) is 0 Å². The molecule has 2 saturated heterocycles. The number of amides is 2. The number of hydrogen-bond acceptors (Lipinski definition) is 4. The quantitative estimate of drug-likeness (QED) is 0.606. The molecule has 154 valence electrons. The second-order valence-corrected chi connectivity index (χ2v) is 8.80. The first-order valence-electron chi connectivity index (χ1n) is 10.8. The summed E-state index contributed by atoms with van der Waals surface area (Å²) in [5.74, 6) is 1.34. The van der Waals surface area contributed by atoms with Crippen LogP contribution in [0.15, 0.2) is 0 Å². The molecule has 1 unspecified atom stereocenters. The summed E-state index contributed by atoms with van der Waals surface area (Å²) in [5.41, 5.74) is -0.0298. The summed E-state index contributed by atoms with van der Waals surface area (Å²) >= 11 is 0. The Hall–Kier alpha value is -1.14. The average molecular weight is 380 g/mol. The predicted molar refractivity (Wildman–Crippen MR) is 105 cm³/mol. The monoisotopic (exact) mass is 379 g/mol. The van der Waals surface area contributed by atoms with Crippen molar-refractivity contribution in [3.63, 3.8) is 0 Å². The van der Waals surface area contributed by atoms with Gasteiger partial charge in [0.05, 0.1) is 0 Å². The molecule has 2 aliphatic heterocycles. The van der Waals surface area contributed by atoms with Crippen molar-refractivity contribution >= 4 is 11.8 Å². The van der Waals surface area contributed by atoms with Crippen LogP contribution in [-0.2, 0) is 14.3 Å². The van der Waals surface area contributed by atoms with Crippen LogP contribution in [0, 0.1) is 5.92 Å². The fraction of sp³-hybridized carbons (Fsp3) is 0.905. The number of rotatable bonds is 8. The van der Waals surface area contributed by atoms with E-state index in [1.54, 1.807) is 7.11 Å². The van der Waals surface area contributed by atoms with Crippen molar-refractivity contribution in [1.29, 1.82) is 0 Å². The molecule has 0 N–H and O–H groups in total. The SMILES string of the molecule is COCCCCCC(=O)N1CCN(C)C2(CCC(=O)N(CC3CC3)CC2)C1. The highest BCUT2D eigenvalue weighted by atomic mass is 16.5. The molecular formula is C21H37N3O3. The van der Waals surface area contributed by atoms with Gasteiger partial charge in [0.15, 0.2) is 0 Å². The molecule has 27 heavy (non-hydrogen) atoms. The molecule has 0 radical (unpaired) electrons. The first-order valence-corrected chi connectivity index (χ1v) is 10.8. The Balaban J connectivity index is 1.54. The third-order valence-corrected chi connectivity index (χ3v) is 6.77. The number of unbranched alkanes of at least 4 members (excludes halogenated alkanes) is 2. The van der Waals surface area contributed by atoms with Crippen molar-refractivity contribution in [1.82, 2.24) is 14.7 Å². The summed E-state index contributed by atoms with van der Waals surface area (Å²) in [6.07, 6.45) is 8.68. The van der Waals surface area contributed by atoms with Crippen molar-refractivity contribution in [3.8, 4) is 0 Å². The lowest BCUT2D eigenvalue weighted by Gasteiger charge is -2.49. The normalized spacial score (nSPS) is 27.3. The molecule has 0 bridgehead atoms. The molecule has 1 spiro atoms. The zero-order valence-corrected chi connectivity index (χ0v) is 17.3. The molecule has 1 atom stereocenters. The third kappa shape index (κ3) is 5.44. The molecular weight excluding hydrogens is 342 g/mol. The van der Waals surface area contributed by atoms with E-state index in [1.165, 1.54) is 12.8 Å². The molecule has 2 heterocycles. The zero-order valence-electron chi connectivity index (χ0n) is 17.3. The van der Waals surface area contributed by atoms with Crippen molar-refractivity contribution in [3.05, 3.63) is 0 Å². The first kappa shape index (κ1) is 20.6. The molecule has 3 fully saturated rings. The van der Waals surface area contributed by atoms with E-state index in [-0.39, 0.29) is 11.4 Å². The fourth-order valence-corrected chi connectivity index (χ4v) is 4.57. The van der Waals surface area contributed by atoms with Crippen molar-refractivity contribution in [2.45, 2.75) is 63.3 Å². The maximum absolute atomic E-state index is 12.7. The lowest BCUT2D eigenvalue weighted by molar-refractivity contribution is -0.137. The highest BCUT2D eigenvalue weighted by Crippen LogP contribution is 2.35. The predicted octanol–water partition coefficient (Wildman–Crippen LogP) is 2.13. The Morgan fingerprint density at radius 3 is 2.70 bits per heavy atom. The van der Waals surface area contributed by atoms with E-state index in [9.17, 15) is 9.59 Å². The van der Waals surface area contributed by atoms with E-state index in [2.05, 4.69) is 21.7 Å². The molecule has 1 aliphatic carbocycles. The number of piperazine rings is 1. The number of hydrogen-bond donors (Lipinski definition) is 0. The number of likely N-dealkylation sites (N-methyl/N-ethyl adjacent to an activating group) is 1. The fourth-order valence-electron chi connectivity index (χ4n) is 4.57. The van der Waals surface area contributed by atoms with E-state index in [4.69, 9.17) is 4.74 Å². The Morgan fingerprint density at radius 1 is 1.15 bits per heavy atom. The van der Waals surface area contributed by atoms with Crippen molar-refractivity contribution in [2.24, 2.45) is 5.92 Å². The van der Waals surface area contributed by atoms with Gasteiger partial charge < -0.3 is 14.5 Å². The van der Waals surface area contributed by atoms with Gasteiger partial charge in [-0.15, -0.1) is 0 Å². The summed E-state index contributed by atoms with van der Waals surface area (Å²) in [6, 6.07) is 0. The molecule has 6 nitrogen and oxygen atoms in total. The zero-order chi connectivity index (χ0) is 19.3. The van der Waals surface area contributed by atoms with Gasteiger partial charge in [-0.1, -0.05) is 6.42 Å². The van der Waals surface area contributed by atoms with Gasteiger partial charge in [0.1, 0.15) is 0 Å². The van der Waals surface area contributed by atoms with Crippen LogP contribution in [0.5, 0.6) is 0 Å². The summed E-state index contributed by atoms with van der Waals surface area (Å²) in [5, 5.41) is 0. The van der Waals surface area contributed by atoms with Crippen LogP contribution in [0.1, 0.15) is 57.8 Å². The van der Waals surface area contributed by atoms with E-state index in [0.717, 1.165) is 77.4 Å². The second-order valence-electron chi connectivity index (χ2n) is 8.80. The average Bonchev–Trinajstić information content (AvgIpc) is 3.49. The van der Waals surface area contributed by atoms with Crippen LogP contribution in [0.3, 0.4) is 0 Å². The number of carbonyl (C=O) groups is 2. The van der Waals surface area contributed by atoms with Crippen LogP contribution < -0.4 is 0 Å². The highest BCUT2D eigenvalue weighted by molar-refractivity contribution is 5.77. The molecule has 0 aromatic carbocycles. The van der Waals surface area contributed by atoms with E-state index in [0.29, 0.717) is 18.7 Å². The number of likely N-dealkylation sites (tertiary alicyclic amines) is 1. The minimum Gasteiger partial charge on any atom is -0.385 e. The Bertz CT molecular complexity index is 523. The van der Waals surface area contributed by atoms with Gasteiger partial charge in [0.2, 0.25) is 11.8 Å². The number of carbonyl (C=O) groups excluding carboxylic acids is 2. The summed E-state index contributed by atoms with van der Waals surface area (Å²) in [6.45, 7) is 5.07. The Labute approximate surface area is 164 Å². The van der Waals surface area contributed by atoms with E-state index >= 15 is 0 Å². The minimum atomic E-state index is -0.0298. The van der Waals surface area contributed by atoms with Crippen LogP contribution >= 0.6 is 0 Å². The Morgan fingerprint density at radius 2 is 1.96 bits per heavy atom. The van der Waals surface area contributed by atoms with Gasteiger partial charge >= 0.3 is 0 Å². The topological polar surface area (TPSA) is 53.1 Å². The Kier molecular flexibility index (Phi) is 7.15. The molecule has 3 aliphatic rings. The standard InChI is InChI=1S/C21H37N3O3/c1-22-13-14-24(19(25)6-4-3-5-15-27-2)17-21(22)10-9-20(26)23(12-11-21)16-18-7-8-18/h18H,3-17H2,1-2H3. The number of ether oxygens (including phenoxy) is 1. The van der Waals surface area contributed by atoms with Gasteiger partial charge in [0.25, 0.3) is 0 Å². The molecule has 2 amide bonds. The third-order valence-electron chi connectivity index (χ3n) is 6.77. The van der Waals surface area contributed by atoms with Crippen LogP contribution in [0.4, 0.5) is 0 Å². The van der Waals surface area contributed by atoms with Crippen LogP contribution in [0.2, 0.25) is 0 Å². The summed E-state index contributed by atoms with van der Waals surface area (Å²) in [4.78, 5) is 31.9. The molecule has 0 aromatic heterocycles. The van der Waals surface area contributed by atoms with E-state index in [1.807, 2.05) is 0 Å². The smallest absolute Gasteiger partial charge is 0.222 e. The van der Waals surface area contributed by atoms with Crippen molar-refractivity contribution < 1.29 is 14.3 Å². The van der Waals surface area contributed by atoms with Crippen molar-refractivity contribution in [2.75, 3.05) is 53.5 Å². The lowest BCUT2D eigenvalue weighted by Crippen LogP contribution is -2.62. The van der Waals surface area contributed by atoms with Gasteiger partial charge in [-0.05, 0) is 51.5 Å². The van der Waals surface area contributed by atoms with Gasteiger partial charge in [0, 0.05) is 64.8 Å². The first-order chi connectivity index (χ1) is 13.0. The molecule has 3 rings (SSSR count). The van der Waals surface area contributed by atoms with Gasteiger partial charge in [-0.2, -0.15) is 0 Å². The lowest BCUT2D eigenvalue weighted by atomic mass is 9.86. The molecule has 1 saturated carbocycles. The maximum Gasteiger partial charge on any atom is 0.222 e. The summed E-state index contributed by atoms with van der Waals surface area (Å²) in [7, 11) is 3.89.